The molecule has 0 unspecified atom stereocenters. The van der Waals surface area contributed by atoms with E-state index in [2.05, 4.69) is 20.8 Å². The van der Waals surface area contributed by atoms with Crippen LogP contribution in [0.2, 0.25) is 0 Å². The zero-order chi connectivity index (χ0) is 18.2. The van der Waals surface area contributed by atoms with Crippen LogP contribution in [-0.4, -0.2) is 61.3 Å². The Kier molecular flexibility index (Phi) is 6.41. The number of anilines is 2. The minimum Gasteiger partial charge on any atom is -0.465 e. The molecule has 0 aliphatic carbocycles. The van der Waals surface area contributed by atoms with Gasteiger partial charge < -0.3 is 20.3 Å². The van der Waals surface area contributed by atoms with E-state index in [0.29, 0.717) is 11.5 Å². The van der Waals surface area contributed by atoms with E-state index in [4.69, 9.17) is 4.74 Å². The van der Waals surface area contributed by atoms with Crippen LogP contribution in [0.3, 0.4) is 0 Å². The Labute approximate surface area is 146 Å². The standard InChI is InChI=1S/C17H21N5O3/c1-22(2)11-10-18-15-9-8-14(20-21-15)16(23)19-13-7-5-4-6-12(13)17(24)25-3/h4-9H,10-11H2,1-3H3,(H,18,21)(H,19,23). The van der Waals surface area contributed by atoms with Crippen LogP contribution in [0.5, 0.6) is 0 Å². The second-order valence-corrected chi connectivity index (χ2v) is 5.53. The number of esters is 1. The molecule has 132 valence electrons. The van der Waals surface area contributed by atoms with Gasteiger partial charge >= 0.3 is 5.97 Å². The molecule has 8 nitrogen and oxygen atoms in total. The van der Waals surface area contributed by atoms with Crippen molar-refractivity contribution in [1.82, 2.24) is 15.1 Å². The van der Waals surface area contributed by atoms with Crippen LogP contribution < -0.4 is 10.6 Å². The molecule has 0 radical (unpaired) electrons. The number of likely N-dealkylation sites (N-methyl/N-ethyl adjacent to an activating group) is 1. The van der Waals surface area contributed by atoms with Gasteiger partial charge in [0, 0.05) is 13.1 Å². The Morgan fingerprint density at radius 3 is 2.52 bits per heavy atom. The summed E-state index contributed by atoms with van der Waals surface area (Å²) in [6.45, 7) is 1.58. The summed E-state index contributed by atoms with van der Waals surface area (Å²) in [6.07, 6.45) is 0. The largest absolute Gasteiger partial charge is 0.465 e. The number of methoxy groups -OCH3 is 1. The first-order valence-corrected chi connectivity index (χ1v) is 7.72. The molecular weight excluding hydrogens is 322 g/mol. The number of nitrogens with zero attached hydrogens (tertiary/aromatic N) is 3. The predicted molar refractivity (Wildman–Crippen MR) is 94.8 cm³/mol. The van der Waals surface area contributed by atoms with Gasteiger partial charge in [-0.25, -0.2) is 4.79 Å². The number of benzene rings is 1. The average Bonchev–Trinajstić information content (AvgIpc) is 2.61. The molecule has 2 rings (SSSR count). The van der Waals surface area contributed by atoms with E-state index >= 15 is 0 Å². The summed E-state index contributed by atoms with van der Waals surface area (Å²) in [5.74, 6) is -0.389. The van der Waals surface area contributed by atoms with Crippen molar-refractivity contribution in [3.63, 3.8) is 0 Å². The van der Waals surface area contributed by atoms with Gasteiger partial charge in [0.1, 0.15) is 5.82 Å². The smallest absolute Gasteiger partial charge is 0.339 e. The minimum atomic E-state index is -0.526. The van der Waals surface area contributed by atoms with Crippen LogP contribution in [0.15, 0.2) is 36.4 Å². The Morgan fingerprint density at radius 2 is 1.88 bits per heavy atom. The second-order valence-electron chi connectivity index (χ2n) is 5.53. The molecule has 0 atom stereocenters. The predicted octanol–water partition coefficient (Wildman–Crippen LogP) is 1.49. The van der Waals surface area contributed by atoms with E-state index in [9.17, 15) is 9.59 Å². The van der Waals surface area contributed by atoms with Crippen molar-refractivity contribution in [2.45, 2.75) is 0 Å². The quantitative estimate of drug-likeness (QED) is 0.735. The topological polar surface area (TPSA) is 96.4 Å². The van der Waals surface area contributed by atoms with Gasteiger partial charge in [-0.3, -0.25) is 4.79 Å². The van der Waals surface area contributed by atoms with Crippen molar-refractivity contribution >= 4 is 23.4 Å². The van der Waals surface area contributed by atoms with Gasteiger partial charge in [-0.1, -0.05) is 12.1 Å². The van der Waals surface area contributed by atoms with Gasteiger partial charge in [0.15, 0.2) is 5.69 Å². The van der Waals surface area contributed by atoms with Crippen LogP contribution in [0.4, 0.5) is 11.5 Å². The Balaban J connectivity index is 2.03. The summed E-state index contributed by atoms with van der Waals surface area (Å²) in [4.78, 5) is 26.1. The second kappa shape index (κ2) is 8.74. The number of para-hydroxylation sites is 1. The first-order chi connectivity index (χ1) is 12.0. The monoisotopic (exact) mass is 343 g/mol. The van der Waals surface area contributed by atoms with E-state index in [1.54, 1.807) is 36.4 Å². The van der Waals surface area contributed by atoms with E-state index in [1.807, 2.05) is 19.0 Å². The van der Waals surface area contributed by atoms with Crippen molar-refractivity contribution in [3.8, 4) is 0 Å². The molecule has 2 N–H and O–H groups in total. The Morgan fingerprint density at radius 1 is 1.12 bits per heavy atom. The van der Waals surface area contributed by atoms with E-state index < -0.39 is 11.9 Å². The lowest BCUT2D eigenvalue weighted by Crippen LogP contribution is -2.21. The van der Waals surface area contributed by atoms with E-state index in [-0.39, 0.29) is 11.3 Å². The van der Waals surface area contributed by atoms with Crippen LogP contribution in [-0.2, 0) is 4.74 Å². The summed E-state index contributed by atoms with van der Waals surface area (Å²) >= 11 is 0. The van der Waals surface area contributed by atoms with Crippen molar-refractivity contribution in [2.24, 2.45) is 0 Å². The Hall–Kier alpha value is -3.00. The molecular formula is C17H21N5O3. The van der Waals surface area contributed by atoms with Gasteiger partial charge in [-0.05, 0) is 38.4 Å². The molecule has 25 heavy (non-hydrogen) atoms. The molecule has 2 aromatic rings. The molecule has 0 saturated carbocycles. The molecule has 0 saturated heterocycles. The number of hydrogen-bond acceptors (Lipinski definition) is 7. The highest BCUT2D eigenvalue weighted by Crippen LogP contribution is 2.17. The molecule has 1 heterocycles. The fraction of sp³-hybridized carbons (Fsp3) is 0.294. The first kappa shape index (κ1) is 18.3. The molecule has 1 amide bonds. The maximum atomic E-state index is 12.3. The lowest BCUT2D eigenvalue weighted by molar-refractivity contribution is 0.0602. The molecule has 1 aromatic heterocycles. The number of ether oxygens (including phenoxy) is 1. The first-order valence-electron chi connectivity index (χ1n) is 7.72. The van der Waals surface area contributed by atoms with Gasteiger partial charge in [-0.2, -0.15) is 0 Å². The maximum Gasteiger partial charge on any atom is 0.339 e. The van der Waals surface area contributed by atoms with Crippen molar-refractivity contribution in [1.29, 1.82) is 0 Å². The van der Waals surface area contributed by atoms with Crippen molar-refractivity contribution in [3.05, 3.63) is 47.7 Å². The molecule has 1 aromatic carbocycles. The number of carbonyl (C=O) groups excluding carboxylic acids is 2. The number of carbonyl (C=O) groups is 2. The summed E-state index contributed by atoms with van der Waals surface area (Å²) in [7, 11) is 5.24. The fourth-order valence-corrected chi connectivity index (χ4v) is 2.02. The molecule has 0 spiro atoms. The molecule has 0 fully saturated rings. The molecule has 0 bridgehead atoms. The van der Waals surface area contributed by atoms with Gasteiger partial charge in [0.25, 0.3) is 5.91 Å². The van der Waals surface area contributed by atoms with Gasteiger partial charge in [0.2, 0.25) is 0 Å². The Bertz CT molecular complexity index is 731. The number of amides is 1. The molecule has 0 aliphatic heterocycles. The molecule has 0 aliphatic rings. The number of aromatic nitrogens is 2. The third-order valence-electron chi connectivity index (χ3n) is 3.34. The van der Waals surface area contributed by atoms with Crippen LogP contribution in [0.25, 0.3) is 0 Å². The van der Waals surface area contributed by atoms with Crippen LogP contribution in [0.1, 0.15) is 20.8 Å². The lowest BCUT2D eigenvalue weighted by atomic mass is 10.1. The summed E-state index contributed by atoms with van der Waals surface area (Å²) in [6, 6.07) is 9.85. The third-order valence-corrected chi connectivity index (χ3v) is 3.34. The zero-order valence-electron chi connectivity index (χ0n) is 14.4. The van der Waals surface area contributed by atoms with Gasteiger partial charge in [0.05, 0.1) is 18.4 Å². The fourth-order valence-electron chi connectivity index (χ4n) is 2.02. The highest BCUT2D eigenvalue weighted by Gasteiger charge is 2.15. The van der Waals surface area contributed by atoms with Crippen molar-refractivity contribution < 1.29 is 14.3 Å². The van der Waals surface area contributed by atoms with Crippen LogP contribution in [0, 0.1) is 0 Å². The summed E-state index contributed by atoms with van der Waals surface area (Å²) < 4.78 is 4.70. The highest BCUT2D eigenvalue weighted by molar-refractivity contribution is 6.07. The number of nitrogens with one attached hydrogen (secondary N) is 2. The van der Waals surface area contributed by atoms with E-state index in [1.165, 1.54) is 7.11 Å². The molecule has 8 heteroatoms. The third kappa shape index (κ3) is 5.25. The van der Waals surface area contributed by atoms with Crippen molar-refractivity contribution in [2.75, 3.05) is 44.9 Å². The number of hydrogen-bond donors (Lipinski definition) is 2. The maximum absolute atomic E-state index is 12.3. The summed E-state index contributed by atoms with van der Waals surface area (Å²) in [5.41, 5.74) is 0.778. The summed E-state index contributed by atoms with van der Waals surface area (Å²) in [5, 5.41) is 13.7. The minimum absolute atomic E-state index is 0.151. The average molecular weight is 343 g/mol. The van der Waals surface area contributed by atoms with Crippen LogP contribution >= 0.6 is 0 Å². The SMILES string of the molecule is COC(=O)c1ccccc1NC(=O)c1ccc(NCCN(C)C)nn1. The van der Waals surface area contributed by atoms with Gasteiger partial charge in [-0.15, -0.1) is 10.2 Å². The zero-order valence-corrected chi connectivity index (χ0v) is 14.4. The normalized spacial score (nSPS) is 10.4. The van der Waals surface area contributed by atoms with E-state index in [0.717, 1.165) is 13.1 Å². The highest BCUT2D eigenvalue weighted by atomic mass is 16.5. The lowest BCUT2D eigenvalue weighted by Gasteiger charge is -2.11. The number of rotatable bonds is 7.